The quantitative estimate of drug-likeness (QED) is 0.451. The SMILES string of the molecule is C=CC(F)(C=C)/C(C=NC)=C/C. The zero-order valence-corrected chi connectivity index (χ0v) is 7.55. The van der Waals surface area contributed by atoms with Gasteiger partial charge in [0.05, 0.1) is 0 Å². The highest BCUT2D eigenvalue weighted by Gasteiger charge is 2.24. The number of alkyl halides is 1. The van der Waals surface area contributed by atoms with Gasteiger partial charge in [-0.3, -0.25) is 4.99 Å². The van der Waals surface area contributed by atoms with Gasteiger partial charge in [-0.25, -0.2) is 4.39 Å². The molecule has 0 bridgehead atoms. The van der Waals surface area contributed by atoms with Crippen molar-refractivity contribution in [2.45, 2.75) is 12.6 Å². The second kappa shape index (κ2) is 4.65. The molecule has 12 heavy (non-hydrogen) atoms. The van der Waals surface area contributed by atoms with Gasteiger partial charge in [0.25, 0.3) is 0 Å². The largest absolute Gasteiger partial charge is 0.296 e. The number of nitrogens with zero attached hydrogens (tertiary/aromatic N) is 1. The lowest BCUT2D eigenvalue weighted by atomic mass is 9.96. The van der Waals surface area contributed by atoms with Crippen molar-refractivity contribution in [3.63, 3.8) is 0 Å². The molecule has 0 saturated carbocycles. The fourth-order valence-corrected chi connectivity index (χ4v) is 0.853. The standard InChI is InChI=1S/C10H14FN/c1-5-9(8-12-4)10(11,6-2)7-3/h5-8H,2-3H2,1,4H3/b9-5+,12-8?. The first-order chi connectivity index (χ1) is 5.64. The van der Waals surface area contributed by atoms with Crippen molar-refractivity contribution in [2.75, 3.05) is 7.05 Å². The summed E-state index contributed by atoms with van der Waals surface area (Å²) >= 11 is 0. The van der Waals surface area contributed by atoms with Gasteiger partial charge < -0.3 is 0 Å². The molecule has 0 aliphatic carbocycles. The number of aliphatic imine (C=N–C) groups is 1. The lowest BCUT2D eigenvalue weighted by Crippen LogP contribution is -2.19. The number of halogens is 1. The Kier molecular flexibility index (Phi) is 4.19. The van der Waals surface area contributed by atoms with E-state index in [4.69, 9.17) is 0 Å². The first-order valence-corrected chi connectivity index (χ1v) is 3.69. The minimum atomic E-state index is -1.66. The number of hydrogen-bond donors (Lipinski definition) is 0. The van der Waals surface area contributed by atoms with Crippen molar-refractivity contribution >= 4 is 6.21 Å². The van der Waals surface area contributed by atoms with Gasteiger partial charge >= 0.3 is 0 Å². The Hall–Kier alpha value is -1.18. The molecule has 0 atom stereocenters. The Balaban J connectivity index is 4.93. The van der Waals surface area contributed by atoms with Gasteiger partial charge in [0, 0.05) is 18.8 Å². The molecule has 0 spiro atoms. The molecular formula is C10H14FN. The third kappa shape index (κ3) is 2.16. The molecule has 0 radical (unpaired) electrons. The van der Waals surface area contributed by atoms with Crippen LogP contribution >= 0.6 is 0 Å². The van der Waals surface area contributed by atoms with E-state index < -0.39 is 5.67 Å². The molecule has 0 aromatic heterocycles. The van der Waals surface area contributed by atoms with Gasteiger partial charge in [0.15, 0.2) is 5.67 Å². The normalized spacial score (nSPS) is 13.4. The summed E-state index contributed by atoms with van der Waals surface area (Å²) < 4.78 is 13.7. The maximum absolute atomic E-state index is 13.7. The number of rotatable bonds is 4. The van der Waals surface area contributed by atoms with Crippen LogP contribution in [0.5, 0.6) is 0 Å². The van der Waals surface area contributed by atoms with Crippen LogP contribution in [-0.2, 0) is 0 Å². The van der Waals surface area contributed by atoms with Gasteiger partial charge in [-0.05, 0) is 19.1 Å². The first-order valence-electron chi connectivity index (χ1n) is 3.69. The third-order valence-electron chi connectivity index (χ3n) is 1.62. The summed E-state index contributed by atoms with van der Waals surface area (Å²) in [5, 5.41) is 0. The molecule has 0 aromatic carbocycles. The van der Waals surface area contributed by atoms with E-state index in [1.807, 2.05) is 0 Å². The Bertz CT molecular complexity index is 218. The first kappa shape index (κ1) is 10.8. The summed E-state index contributed by atoms with van der Waals surface area (Å²) in [5.74, 6) is 0. The van der Waals surface area contributed by atoms with Crippen molar-refractivity contribution in [2.24, 2.45) is 4.99 Å². The summed E-state index contributed by atoms with van der Waals surface area (Å²) in [6.07, 6.45) is 5.52. The minimum absolute atomic E-state index is 0.454. The lowest BCUT2D eigenvalue weighted by Gasteiger charge is -2.16. The van der Waals surface area contributed by atoms with Gasteiger partial charge in [-0.15, -0.1) is 0 Å². The van der Waals surface area contributed by atoms with E-state index in [2.05, 4.69) is 18.2 Å². The summed E-state index contributed by atoms with van der Waals surface area (Å²) in [6.45, 7) is 8.56. The molecule has 0 saturated heterocycles. The molecular weight excluding hydrogens is 153 g/mol. The van der Waals surface area contributed by atoms with E-state index in [0.29, 0.717) is 5.57 Å². The van der Waals surface area contributed by atoms with E-state index in [9.17, 15) is 4.39 Å². The average molecular weight is 167 g/mol. The molecule has 1 nitrogen and oxygen atoms in total. The van der Waals surface area contributed by atoms with Crippen molar-refractivity contribution in [3.05, 3.63) is 37.0 Å². The predicted molar refractivity (Wildman–Crippen MR) is 52.4 cm³/mol. The highest BCUT2D eigenvalue weighted by Crippen LogP contribution is 2.23. The van der Waals surface area contributed by atoms with Gasteiger partial charge in [-0.1, -0.05) is 19.2 Å². The van der Waals surface area contributed by atoms with Crippen molar-refractivity contribution < 1.29 is 4.39 Å². The number of allylic oxidation sites excluding steroid dienone is 4. The summed E-state index contributed by atoms with van der Waals surface area (Å²) in [5.41, 5.74) is -1.20. The third-order valence-corrected chi connectivity index (χ3v) is 1.62. The highest BCUT2D eigenvalue weighted by atomic mass is 19.1. The molecule has 0 heterocycles. The zero-order chi connectivity index (χ0) is 9.61. The van der Waals surface area contributed by atoms with Crippen LogP contribution in [0.1, 0.15) is 6.92 Å². The van der Waals surface area contributed by atoms with Gasteiger partial charge in [-0.2, -0.15) is 0 Å². The topological polar surface area (TPSA) is 12.4 Å². The Morgan fingerprint density at radius 3 is 2.17 bits per heavy atom. The van der Waals surface area contributed by atoms with E-state index in [0.717, 1.165) is 0 Å². The van der Waals surface area contributed by atoms with Crippen LogP contribution < -0.4 is 0 Å². The second-order valence-corrected chi connectivity index (χ2v) is 2.31. The Labute approximate surface area is 73.0 Å². The van der Waals surface area contributed by atoms with Crippen molar-refractivity contribution in [1.29, 1.82) is 0 Å². The lowest BCUT2D eigenvalue weighted by molar-refractivity contribution is 0.361. The number of hydrogen-bond acceptors (Lipinski definition) is 1. The predicted octanol–water partition coefficient (Wildman–Crippen LogP) is 2.71. The maximum atomic E-state index is 13.7. The van der Waals surface area contributed by atoms with Crippen molar-refractivity contribution in [3.8, 4) is 0 Å². The minimum Gasteiger partial charge on any atom is -0.296 e. The zero-order valence-electron chi connectivity index (χ0n) is 7.55. The molecule has 0 amide bonds. The second-order valence-electron chi connectivity index (χ2n) is 2.31. The fourth-order valence-electron chi connectivity index (χ4n) is 0.853. The van der Waals surface area contributed by atoms with Crippen LogP contribution in [0.2, 0.25) is 0 Å². The van der Waals surface area contributed by atoms with Gasteiger partial charge in [0.2, 0.25) is 0 Å². The van der Waals surface area contributed by atoms with Gasteiger partial charge in [0.1, 0.15) is 0 Å². The molecule has 2 heteroatoms. The smallest absolute Gasteiger partial charge is 0.173 e. The average Bonchev–Trinajstić information content (AvgIpc) is 2.13. The van der Waals surface area contributed by atoms with Crippen LogP contribution in [-0.4, -0.2) is 18.9 Å². The molecule has 0 unspecified atom stereocenters. The van der Waals surface area contributed by atoms with E-state index in [1.54, 1.807) is 20.0 Å². The Morgan fingerprint density at radius 1 is 1.42 bits per heavy atom. The summed E-state index contributed by atoms with van der Waals surface area (Å²) in [7, 11) is 1.59. The van der Waals surface area contributed by atoms with E-state index >= 15 is 0 Å². The highest BCUT2D eigenvalue weighted by molar-refractivity contribution is 5.82. The van der Waals surface area contributed by atoms with Crippen molar-refractivity contribution in [1.82, 2.24) is 0 Å². The maximum Gasteiger partial charge on any atom is 0.173 e. The Morgan fingerprint density at radius 2 is 1.92 bits per heavy atom. The van der Waals surface area contributed by atoms with Crippen LogP contribution in [0.4, 0.5) is 4.39 Å². The fraction of sp³-hybridized carbons (Fsp3) is 0.300. The molecule has 0 aliphatic rings. The summed E-state index contributed by atoms with van der Waals surface area (Å²) in [4.78, 5) is 3.74. The monoisotopic (exact) mass is 167 g/mol. The van der Waals surface area contributed by atoms with Crippen LogP contribution in [0.25, 0.3) is 0 Å². The molecule has 66 valence electrons. The molecule has 0 aliphatic heterocycles. The molecule has 0 aromatic rings. The van der Waals surface area contributed by atoms with Crippen LogP contribution in [0.15, 0.2) is 42.0 Å². The van der Waals surface area contributed by atoms with E-state index in [-0.39, 0.29) is 0 Å². The van der Waals surface area contributed by atoms with E-state index in [1.165, 1.54) is 18.4 Å². The molecule has 0 N–H and O–H groups in total. The van der Waals surface area contributed by atoms with Crippen LogP contribution in [0.3, 0.4) is 0 Å². The molecule has 0 fully saturated rings. The van der Waals surface area contributed by atoms with Crippen LogP contribution in [0, 0.1) is 0 Å². The summed E-state index contributed by atoms with van der Waals surface area (Å²) in [6, 6.07) is 0. The molecule has 0 rings (SSSR count).